The minimum absolute atomic E-state index is 0.170. The van der Waals surface area contributed by atoms with E-state index >= 15 is 0 Å². The van der Waals surface area contributed by atoms with Crippen molar-refractivity contribution in [3.05, 3.63) is 28.2 Å². The van der Waals surface area contributed by atoms with Crippen LogP contribution >= 0.6 is 23.2 Å². The summed E-state index contributed by atoms with van der Waals surface area (Å²) in [5.41, 5.74) is 0. The van der Waals surface area contributed by atoms with Crippen LogP contribution in [-0.4, -0.2) is 48.7 Å². The summed E-state index contributed by atoms with van der Waals surface area (Å²) in [6.45, 7) is -0.469. The lowest BCUT2D eigenvalue weighted by atomic mass is 10.3. The van der Waals surface area contributed by atoms with Crippen LogP contribution in [-0.2, 0) is 10.3 Å². The van der Waals surface area contributed by atoms with Gasteiger partial charge in [-0.15, -0.1) is 0 Å². The quantitative estimate of drug-likeness (QED) is 0.771. The standard InChI is InChI=1S/C10H13Cl2NO5S/c1-13(19(15,16)17)5-9(14)6-18-10-3-7(11)2-8(12)4-10/h2-4,9,14H,5-6H2,1H3,(H,15,16,17)/t9-/m1/s1. The summed E-state index contributed by atoms with van der Waals surface area (Å²) in [6, 6.07) is 4.54. The van der Waals surface area contributed by atoms with Gasteiger partial charge in [0.25, 0.3) is 0 Å². The molecule has 0 aromatic heterocycles. The molecule has 19 heavy (non-hydrogen) atoms. The lowest BCUT2D eigenvalue weighted by Crippen LogP contribution is -2.36. The minimum atomic E-state index is -4.32. The monoisotopic (exact) mass is 329 g/mol. The van der Waals surface area contributed by atoms with Crippen molar-refractivity contribution in [3.8, 4) is 5.75 Å². The van der Waals surface area contributed by atoms with E-state index in [0.717, 1.165) is 7.05 Å². The van der Waals surface area contributed by atoms with Gasteiger partial charge in [-0.1, -0.05) is 23.2 Å². The van der Waals surface area contributed by atoms with Crippen molar-refractivity contribution in [2.24, 2.45) is 0 Å². The van der Waals surface area contributed by atoms with Gasteiger partial charge < -0.3 is 9.84 Å². The second-order valence-corrected chi connectivity index (χ2v) is 6.22. The fraction of sp³-hybridized carbons (Fsp3) is 0.400. The van der Waals surface area contributed by atoms with E-state index in [1.165, 1.54) is 18.2 Å². The van der Waals surface area contributed by atoms with Gasteiger partial charge in [-0.25, -0.2) is 0 Å². The number of aliphatic hydroxyl groups excluding tert-OH is 1. The molecule has 6 nitrogen and oxygen atoms in total. The Bertz CT molecular complexity index is 516. The maximum Gasteiger partial charge on any atom is 0.335 e. The van der Waals surface area contributed by atoms with E-state index in [4.69, 9.17) is 32.5 Å². The molecule has 108 valence electrons. The van der Waals surface area contributed by atoms with E-state index in [1.54, 1.807) is 0 Å². The van der Waals surface area contributed by atoms with Crippen LogP contribution < -0.4 is 4.74 Å². The van der Waals surface area contributed by atoms with E-state index in [2.05, 4.69) is 0 Å². The van der Waals surface area contributed by atoms with Crippen molar-refractivity contribution in [2.45, 2.75) is 6.10 Å². The van der Waals surface area contributed by atoms with Gasteiger partial charge in [0.2, 0.25) is 0 Å². The zero-order valence-electron chi connectivity index (χ0n) is 9.95. The van der Waals surface area contributed by atoms with Crippen LogP contribution in [0.15, 0.2) is 18.2 Å². The van der Waals surface area contributed by atoms with Gasteiger partial charge in [-0.05, 0) is 18.2 Å². The average molecular weight is 330 g/mol. The van der Waals surface area contributed by atoms with Crippen LogP contribution in [0.25, 0.3) is 0 Å². The molecule has 0 saturated carbocycles. The Balaban J connectivity index is 2.52. The Morgan fingerprint density at radius 2 is 1.84 bits per heavy atom. The van der Waals surface area contributed by atoms with Crippen LogP contribution in [0.4, 0.5) is 0 Å². The Kier molecular flexibility index (Phi) is 5.84. The molecule has 0 saturated heterocycles. The molecule has 1 atom stereocenters. The zero-order chi connectivity index (χ0) is 14.6. The van der Waals surface area contributed by atoms with Crippen molar-refractivity contribution in [1.82, 2.24) is 4.31 Å². The molecule has 2 N–H and O–H groups in total. The van der Waals surface area contributed by atoms with Gasteiger partial charge in [-0.3, -0.25) is 4.55 Å². The summed E-state index contributed by atoms with van der Waals surface area (Å²) in [5.74, 6) is 0.353. The number of benzene rings is 1. The molecule has 0 amide bonds. The van der Waals surface area contributed by atoms with Crippen LogP contribution in [0.3, 0.4) is 0 Å². The molecule has 0 aliphatic carbocycles. The Morgan fingerprint density at radius 1 is 1.32 bits per heavy atom. The summed E-state index contributed by atoms with van der Waals surface area (Å²) in [5, 5.41) is 10.3. The maximum atomic E-state index is 10.7. The fourth-order valence-corrected chi connectivity index (χ4v) is 2.11. The van der Waals surface area contributed by atoms with E-state index in [1.807, 2.05) is 0 Å². The van der Waals surface area contributed by atoms with Crippen molar-refractivity contribution in [3.63, 3.8) is 0 Å². The first-order chi connectivity index (χ1) is 8.68. The number of halogens is 2. The van der Waals surface area contributed by atoms with E-state index in [0.29, 0.717) is 20.1 Å². The summed E-state index contributed by atoms with van der Waals surface area (Å²) in [4.78, 5) is 0. The second kappa shape index (κ2) is 6.74. The van der Waals surface area contributed by atoms with Gasteiger partial charge in [0.15, 0.2) is 0 Å². The van der Waals surface area contributed by atoms with Gasteiger partial charge in [0.1, 0.15) is 18.5 Å². The minimum Gasteiger partial charge on any atom is -0.491 e. The van der Waals surface area contributed by atoms with Crippen LogP contribution in [0.2, 0.25) is 10.0 Å². The first-order valence-corrected chi connectivity index (χ1v) is 7.29. The van der Waals surface area contributed by atoms with Crippen LogP contribution in [0, 0.1) is 0 Å². The van der Waals surface area contributed by atoms with Gasteiger partial charge in [-0.2, -0.15) is 12.7 Å². The molecule has 0 radical (unpaired) electrons. The SMILES string of the molecule is CN(C[C@@H](O)COc1cc(Cl)cc(Cl)c1)S(=O)(=O)O. The average Bonchev–Trinajstić information content (AvgIpc) is 2.23. The molecular weight excluding hydrogens is 317 g/mol. The molecule has 0 fully saturated rings. The molecule has 0 aliphatic heterocycles. The highest BCUT2D eigenvalue weighted by Gasteiger charge is 2.18. The number of rotatable bonds is 6. The molecule has 0 heterocycles. The summed E-state index contributed by atoms with van der Waals surface area (Å²) < 4.78 is 36.0. The molecule has 0 bridgehead atoms. The van der Waals surface area contributed by atoms with Crippen molar-refractivity contribution < 1.29 is 22.8 Å². The number of hydrogen-bond acceptors (Lipinski definition) is 4. The predicted octanol–water partition coefficient (Wildman–Crippen LogP) is 1.47. The smallest absolute Gasteiger partial charge is 0.335 e. The highest BCUT2D eigenvalue weighted by atomic mass is 35.5. The highest BCUT2D eigenvalue weighted by Crippen LogP contribution is 2.24. The first-order valence-electron chi connectivity index (χ1n) is 5.14. The van der Waals surface area contributed by atoms with Crippen molar-refractivity contribution in [1.29, 1.82) is 0 Å². The topological polar surface area (TPSA) is 87.1 Å². The largest absolute Gasteiger partial charge is 0.491 e. The molecular formula is C10H13Cl2NO5S. The van der Waals surface area contributed by atoms with E-state index in [9.17, 15) is 13.5 Å². The second-order valence-electron chi connectivity index (χ2n) is 3.83. The normalized spacial score (nSPS) is 13.6. The van der Waals surface area contributed by atoms with Crippen molar-refractivity contribution in [2.75, 3.05) is 20.2 Å². The molecule has 0 unspecified atom stereocenters. The first kappa shape index (κ1) is 16.5. The Morgan fingerprint density at radius 3 is 2.32 bits per heavy atom. The lowest BCUT2D eigenvalue weighted by Gasteiger charge is -2.17. The third kappa shape index (κ3) is 5.94. The number of likely N-dealkylation sites (N-methyl/N-ethyl adjacent to an activating group) is 1. The van der Waals surface area contributed by atoms with E-state index < -0.39 is 16.4 Å². The molecule has 1 aromatic rings. The number of nitrogens with zero attached hydrogens (tertiary/aromatic N) is 1. The van der Waals surface area contributed by atoms with Crippen LogP contribution in [0.5, 0.6) is 5.75 Å². The predicted molar refractivity (Wildman–Crippen MR) is 72.1 cm³/mol. The van der Waals surface area contributed by atoms with E-state index in [-0.39, 0.29) is 13.2 Å². The highest BCUT2D eigenvalue weighted by molar-refractivity contribution is 7.83. The number of ether oxygens (including phenoxy) is 1. The Hall–Kier alpha value is -0.570. The molecule has 0 spiro atoms. The van der Waals surface area contributed by atoms with Gasteiger partial charge >= 0.3 is 10.3 Å². The summed E-state index contributed by atoms with van der Waals surface area (Å²) in [6.07, 6.45) is -1.11. The third-order valence-electron chi connectivity index (χ3n) is 2.14. The summed E-state index contributed by atoms with van der Waals surface area (Å²) in [7, 11) is -3.18. The Labute approximate surface area is 121 Å². The fourth-order valence-electron chi connectivity index (χ4n) is 1.25. The van der Waals surface area contributed by atoms with Crippen LogP contribution in [0.1, 0.15) is 0 Å². The molecule has 1 rings (SSSR count). The van der Waals surface area contributed by atoms with Crippen molar-refractivity contribution >= 4 is 33.5 Å². The molecule has 1 aromatic carbocycles. The van der Waals surface area contributed by atoms with Gasteiger partial charge in [0.05, 0.1) is 0 Å². The van der Waals surface area contributed by atoms with Gasteiger partial charge in [0, 0.05) is 23.6 Å². The molecule has 9 heteroatoms. The summed E-state index contributed by atoms with van der Waals surface area (Å²) >= 11 is 11.5. The number of hydrogen-bond donors (Lipinski definition) is 2. The lowest BCUT2D eigenvalue weighted by molar-refractivity contribution is 0.0918. The third-order valence-corrected chi connectivity index (χ3v) is 3.51. The number of aliphatic hydroxyl groups is 1. The maximum absolute atomic E-state index is 10.7. The zero-order valence-corrected chi connectivity index (χ0v) is 12.3. The molecule has 0 aliphatic rings.